The lowest BCUT2D eigenvalue weighted by molar-refractivity contribution is 0.354. The monoisotopic (exact) mass is 262 g/mol. The third-order valence-corrected chi connectivity index (χ3v) is 4.91. The number of nitrogen functional groups attached to an aromatic ring is 1. The summed E-state index contributed by atoms with van der Waals surface area (Å²) < 4.78 is 5.89. The maximum atomic E-state index is 6.01. The van der Waals surface area contributed by atoms with Crippen LogP contribution in [0.1, 0.15) is 37.5 Å². The smallest absolute Gasteiger partial charge is 0.198 e. The van der Waals surface area contributed by atoms with E-state index < -0.39 is 0 Å². The van der Waals surface area contributed by atoms with Crippen LogP contribution in [0.15, 0.2) is 16.5 Å². The van der Waals surface area contributed by atoms with Crippen molar-refractivity contribution in [1.82, 2.24) is 4.98 Å². The van der Waals surface area contributed by atoms with Crippen LogP contribution < -0.4 is 5.73 Å². The Morgan fingerprint density at radius 2 is 2.17 bits per heavy atom. The molecule has 1 aromatic heterocycles. The summed E-state index contributed by atoms with van der Waals surface area (Å²) in [5.41, 5.74) is 7.93. The number of aromatic nitrogens is 1. The van der Waals surface area contributed by atoms with Gasteiger partial charge in [-0.15, -0.1) is 0 Å². The van der Waals surface area contributed by atoms with Gasteiger partial charge in [0.05, 0.1) is 10.7 Å². The van der Waals surface area contributed by atoms with Crippen molar-refractivity contribution in [3.05, 3.63) is 23.0 Å². The topological polar surface area (TPSA) is 52.0 Å². The summed E-state index contributed by atoms with van der Waals surface area (Å²) in [7, 11) is 0. The highest BCUT2D eigenvalue weighted by Crippen LogP contribution is 2.52. The van der Waals surface area contributed by atoms with Crippen molar-refractivity contribution in [1.29, 1.82) is 0 Å². The number of rotatable bonds is 1. The van der Waals surface area contributed by atoms with Gasteiger partial charge in [-0.3, -0.25) is 0 Å². The molecule has 1 heterocycles. The SMILES string of the molecule is Nc1cc2oc(C3CC4CCC3C4)nc2cc1Cl. The zero-order valence-electron chi connectivity index (χ0n) is 10.0. The Labute approximate surface area is 110 Å². The van der Waals surface area contributed by atoms with Crippen molar-refractivity contribution >= 4 is 28.4 Å². The summed E-state index contributed by atoms with van der Waals surface area (Å²) in [6.07, 6.45) is 5.31. The Hall–Kier alpha value is -1.22. The normalized spacial score (nSPS) is 30.4. The molecular weight excluding hydrogens is 248 g/mol. The van der Waals surface area contributed by atoms with Crippen LogP contribution in [0, 0.1) is 11.8 Å². The van der Waals surface area contributed by atoms with E-state index in [2.05, 4.69) is 4.98 Å². The third kappa shape index (κ3) is 1.46. The molecule has 3 atom stereocenters. The number of hydrogen-bond acceptors (Lipinski definition) is 3. The predicted octanol–water partition coefficient (Wildman–Crippen LogP) is 3.97. The summed E-state index contributed by atoms with van der Waals surface area (Å²) in [4.78, 5) is 4.61. The average Bonchev–Trinajstić information content (AvgIpc) is 3.02. The van der Waals surface area contributed by atoms with E-state index >= 15 is 0 Å². The minimum absolute atomic E-state index is 0.510. The van der Waals surface area contributed by atoms with Crippen LogP contribution in [-0.2, 0) is 0 Å². The number of nitrogens with two attached hydrogens (primary N) is 1. The van der Waals surface area contributed by atoms with Gasteiger partial charge in [-0.2, -0.15) is 0 Å². The predicted molar refractivity (Wildman–Crippen MR) is 71.6 cm³/mol. The van der Waals surface area contributed by atoms with E-state index in [1.54, 1.807) is 12.1 Å². The Balaban J connectivity index is 1.77. The molecule has 0 aliphatic heterocycles. The highest BCUT2D eigenvalue weighted by Gasteiger charge is 2.42. The first-order chi connectivity index (χ1) is 8.70. The molecule has 18 heavy (non-hydrogen) atoms. The van der Waals surface area contributed by atoms with E-state index in [9.17, 15) is 0 Å². The minimum Gasteiger partial charge on any atom is -0.440 e. The van der Waals surface area contributed by atoms with Crippen molar-refractivity contribution in [2.24, 2.45) is 11.8 Å². The molecule has 0 radical (unpaired) electrons. The van der Waals surface area contributed by atoms with Crippen LogP contribution in [0.2, 0.25) is 5.02 Å². The average molecular weight is 263 g/mol. The summed E-state index contributed by atoms with van der Waals surface area (Å²) >= 11 is 6.01. The molecule has 4 rings (SSSR count). The molecule has 2 aliphatic carbocycles. The molecule has 2 fully saturated rings. The fraction of sp³-hybridized carbons (Fsp3) is 0.500. The third-order valence-electron chi connectivity index (χ3n) is 4.58. The van der Waals surface area contributed by atoms with Crippen molar-refractivity contribution < 1.29 is 4.42 Å². The Kier molecular flexibility index (Phi) is 2.16. The molecule has 0 amide bonds. The van der Waals surface area contributed by atoms with Gasteiger partial charge in [-0.25, -0.2) is 4.98 Å². The Bertz CT molecular complexity index is 583. The lowest BCUT2D eigenvalue weighted by Crippen LogP contribution is -2.08. The summed E-state index contributed by atoms with van der Waals surface area (Å²) in [5, 5.41) is 0.551. The molecule has 2 bridgehead atoms. The van der Waals surface area contributed by atoms with E-state index in [1.165, 1.54) is 25.7 Å². The van der Waals surface area contributed by atoms with Gasteiger partial charge in [-0.05, 0) is 37.2 Å². The number of hydrogen-bond donors (Lipinski definition) is 1. The molecule has 2 aromatic rings. The molecule has 1 aromatic carbocycles. The van der Waals surface area contributed by atoms with Crippen molar-refractivity contribution in [2.75, 3.05) is 5.73 Å². The van der Waals surface area contributed by atoms with Crippen LogP contribution in [0.4, 0.5) is 5.69 Å². The van der Waals surface area contributed by atoms with Gasteiger partial charge in [0.25, 0.3) is 0 Å². The van der Waals surface area contributed by atoms with E-state index in [0.717, 1.165) is 28.8 Å². The Morgan fingerprint density at radius 1 is 1.28 bits per heavy atom. The largest absolute Gasteiger partial charge is 0.440 e. The molecule has 2 saturated carbocycles. The first-order valence-electron chi connectivity index (χ1n) is 6.56. The van der Waals surface area contributed by atoms with Crippen molar-refractivity contribution in [3.8, 4) is 0 Å². The molecule has 0 spiro atoms. The number of anilines is 1. The van der Waals surface area contributed by atoms with Crippen LogP contribution in [0.5, 0.6) is 0 Å². The second-order valence-electron chi connectivity index (χ2n) is 5.67. The van der Waals surface area contributed by atoms with Gasteiger partial charge in [0.15, 0.2) is 11.5 Å². The van der Waals surface area contributed by atoms with Gasteiger partial charge >= 0.3 is 0 Å². The number of nitrogens with zero attached hydrogens (tertiary/aromatic N) is 1. The van der Waals surface area contributed by atoms with Gasteiger partial charge in [-0.1, -0.05) is 18.0 Å². The molecule has 4 heteroatoms. The van der Waals surface area contributed by atoms with Gasteiger partial charge < -0.3 is 10.2 Å². The van der Waals surface area contributed by atoms with Gasteiger partial charge in [0, 0.05) is 12.0 Å². The number of fused-ring (bicyclic) bond motifs is 3. The van der Waals surface area contributed by atoms with Crippen LogP contribution in [-0.4, -0.2) is 4.98 Å². The summed E-state index contributed by atoms with van der Waals surface area (Å²) in [6.45, 7) is 0. The first kappa shape index (κ1) is 10.7. The second-order valence-corrected chi connectivity index (χ2v) is 6.08. The standard InChI is InChI=1S/C14H15ClN2O/c15-10-5-12-13(6-11(10)16)18-14(17-12)9-4-7-1-2-8(9)3-7/h5-9H,1-4,16H2. The van der Waals surface area contributed by atoms with Crippen molar-refractivity contribution in [3.63, 3.8) is 0 Å². The van der Waals surface area contributed by atoms with Crippen LogP contribution in [0.3, 0.4) is 0 Å². The highest BCUT2D eigenvalue weighted by atomic mass is 35.5. The summed E-state index contributed by atoms with van der Waals surface area (Å²) in [6, 6.07) is 3.58. The zero-order chi connectivity index (χ0) is 12.3. The summed E-state index contributed by atoms with van der Waals surface area (Å²) in [5.74, 6) is 3.06. The lowest BCUT2D eigenvalue weighted by atomic mass is 9.89. The maximum absolute atomic E-state index is 6.01. The van der Waals surface area contributed by atoms with Gasteiger partial charge in [0.1, 0.15) is 5.52 Å². The van der Waals surface area contributed by atoms with Gasteiger partial charge in [0.2, 0.25) is 0 Å². The quantitative estimate of drug-likeness (QED) is 0.791. The maximum Gasteiger partial charge on any atom is 0.198 e. The number of oxazole rings is 1. The highest BCUT2D eigenvalue weighted by molar-refractivity contribution is 6.33. The van der Waals surface area contributed by atoms with Crippen molar-refractivity contribution in [2.45, 2.75) is 31.6 Å². The molecule has 94 valence electrons. The van der Waals surface area contributed by atoms with E-state index in [1.807, 2.05) is 0 Å². The van der Waals surface area contributed by atoms with E-state index in [-0.39, 0.29) is 0 Å². The van der Waals surface area contributed by atoms with Crippen LogP contribution >= 0.6 is 11.6 Å². The molecule has 0 saturated heterocycles. The van der Waals surface area contributed by atoms with E-state index in [4.69, 9.17) is 21.8 Å². The van der Waals surface area contributed by atoms with E-state index in [0.29, 0.717) is 16.6 Å². The fourth-order valence-electron chi connectivity index (χ4n) is 3.69. The molecule has 3 unspecified atom stereocenters. The van der Waals surface area contributed by atoms with Crippen LogP contribution in [0.25, 0.3) is 11.1 Å². The lowest BCUT2D eigenvalue weighted by Gasteiger charge is -2.17. The first-order valence-corrected chi connectivity index (χ1v) is 6.94. The molecule has 2 N–H and O–H groups in total. The minimum atomic E-state index is 0.510. The number of benzene rings is 1. The zero-order valence-corrected chi connectivity index (χ0v) is 10.8. The molecule has 2 aliphatic rings. The second kappa shape index (κ2) is 3.64. The molecular formula is C14H15ClN2O. The fourth-order valence-corrected chi connectivity index (χ4v) is 3.85. The number of halogens is 1. The molecule has 3 nitrogen and oxygen atoms in total. The Morgan fingerprint density at radius 3 is 2.89 bits per heavy atom.